The zero-order valence-corrected chi connectivity index (χ0v) is 18.4. The van der Waals surface area contributed by atoms with Crippen LogP contribution in [0.1, 0.15) is 11.5 Å². The molecule has 174 valence electrons. The van der Waals surface area contributed by atoms with Crippen molar-refractivity contribution in [2.45, 2.75) is 25.6 Å². The highest BCUT2D eigenvalue weighted by Gasteiger charge is 2.55. The van der Waals surface area contributed by atoms with Gasteiger partial charge in [0.1, 0.15) is 23.9 Å². The first-order chi connectivity index (χ1) is 16.4. The molecule has 11 nitrogen and oxygen atoms in total. The molecule has 0 spiro atoms. The fourth-order valence-corrected chi connectivity index (χ4v) is 3.88. The number of aryl methyl sites for hydroxylation is 1. The van der Waals surface area contributed by atoms with Crippen molar-refractivity contribution in [3.8, 4) is 22.9 Å². The minimum Gasteiger partial charge on any atom is -0.497 e. The quantitative estimate of drug-likeness (QED) is 0.508. The van der Waals surface area contributed by atoms with E-state index in [2.05, 4.69) is 20.5 Å². The monoisotopic (exact) mass is 466 g/mol. The Balaban J connectivity index is 1.37. The highest BCUT2D eigenvalue weighted by Crippen LogP contribution is 2.34. The molecule has 34 heavy (non-hydrogen) atoms. The third kappa shape index (κ3) is 3.43. The van der Waals surface area contributed by atoms with Crippen LogP contribution < -0.4 is 14.4 Å². The van der Waals surface area contributed by atoms with Gasteiger partial charge in [-0.25, -0.2) is 9.29 Å². The topological polar surface area (TPSA) is 123 Å². The number of methoxy groups -OCH3 is 2. The number of nitrogens with zero attached hydrogens (tertiary/aromatic N) is 6. The van der Waals surface area contributed by atoms with E-state index in [1.807, 2.05) is 0 Å². The summed E-state index contributed by atoms with van der Waals surface area (Å²) >= 11 is 0. The molecule has 2 aromatic carbocycles. The maximum absolute atomic E-state index is 14.0. The number of ether oxygens (including phenoxy) is 2. The van der Waals surface area contributed by atoms with Crippen molar-refractivity contribution in [3.63, 3.8) is 0 Å². The van der Waals surface area contributed by atoms with Gasteiger partial charge < -0.3 is 14.0 Å². The molecule has 0 saturated carbocycles. The summed E-state index contributed by atoms with van der Waals surface area (Å²) in [5, 5.41) is 13.2. The molecular formula is C22H19FN6O5. The Bertz CT molecular complexity index is 1320. The van der Waals surface area contributed by atoms with Gasteiger partial charge in [-0.1, -0.05) is 16.4 Å². The molecule has 3 aromatic rings. The van der Waals surface area contributed by atoms with Gasteiger partial charge in [-0.3, -0.25) is 14.6 Å². The molecular weight excluding hydrogens is 447 g/mol. The Labute approximate surface area is 192 Å². The highest BCUT2D eigenvalue weighted by molar-refractivity contribution is 6.25. The van der Waals surface area contributed by atoms with Crippen molar-refractivity contribution < 1.29 is 28.0 Å². The van der Waals surface area contributed by atoms with E-state index in [9.17, 15) is 14.0 Å². The molecule has 1 saturated heterocycles. The number of carbonyl (C=O) groups excluding carboxylic acids is 2. The molecule has 2 aliphatic rings. The molecule has 0 radical (unpaired) electrons. The largest absolute Gasteiger partial charge is 0.497 e. The first-order valence-corrected chi connectivity index (χ1v) is 10.3. The van der Waals surface area contributed by atoms with Crippen LogP contribution in [0.5, 0.6) is 11.5 Å². The first kappa shape index (κ1) is 21.5. The number of aromatic nitrogens is 2. The second-order valence-electron chi connectivity index (χ2n) is 7.72. The maximum atomic E-state index is 14.0. The highest BCUT2D eigenvalue weighted by atomic mass is 19.1. The fourth-order valence-electron chi connectivity index (χ4n) is 3.88. The molecule has 3 heterocycles. The van der Waals surface area contributed by atoms with Gasteiger partial charge in [0.05, 0.1) is 25.5 Å². The second kappa shape index (κ2) is 8.21. The molecule has 0 unspecified atom stereocenters. The molecule has 2 atom stereocenters. The maximum Gasteiger partial charge on any atom is 0.263 e. The number of carbonyl (C=O) groups is 2. The molecule has 2 aliphatic heterocycles. The third-order valence-corrected chi connectivity index (χ3v) is 5.69. The van der Waals surface area contributed by atoms with Gasteiger partial charge >= 0.3 is 0 Å². The number of hydrogen-bond acceptors (Lipinski definition) is 10. The van der Waals surface area contributed by atoms with E-state index in [0.717, 1.165) is 11.0 Å². The van der Waals surface area contributed by atoms with Crippen LogP contribution in [0.4, 0.5) is 10.1 Å². The van der Waals surface area contributed by atoms with Gasteiger partial charge in [0.2, 0.25) is 11.7 Å². The smallest absolute Gasteiger partial charge is 0.263 e. The summed E-state index contributed by atoms with van der Waals surface area (Å²) in [6.45, 7) is 1.54. The average molecular weight is 466 g/mol. The summed E-state index contributed by atoms with van der Waals surface area (Å²) in [5.74, 6) is -0.111. The number of hydrogen-bond donors (Lipinski definition) is 0. The molecule has 1 fully saturated rings. The second-order valence-corrected chi connectivity index (χ2v) is 7.72. The molecule has 2 amide bonds. The molecule has 0 bridgehead atoms. The normalized spacial score (nSPS) is 19.2. The summed E-state index contributed by atoms with van der Waals surface area (Å²) in [6, 6.07) is 7.32. The zero-order chi connectivity index (χ0) is 24.0. The van der Waals surface area contributed by atoms with Crippen molar-refractivity contribution in [2.75, 3.05) is 19.1 Å². The zero-order valence-electron chi connectivity index (χ0n) is 18.4. The van der Waals surface area contributed by atoms with Crippen LogP contribution in [0.25, 0.3) is 11.4 Å². The third-order valence-electron chi connectivity index (χ3n) is 5.69. The Morgan fingerprint density at radius 1 is 1.09 bits per heavy atom. The van der Waals surface area contributed by atoms with E-state index in [1.165, 1.54) is 24.3 Å². The van der Waals surface area contributed by atoms with Gasteiger partial charge in [0.25, 0.3) is 11.8 Å². The summed E-state index contributed by atoms with van der Waals surface area (Å²) in [6.07, 6.45) is 0. The summed E-state index contributed by atoms with van der Waals surface area (Å²) in [4.78, 5) is 31.2. The van der Waals surface area contributed by atoms with E-state index in [-0.39, 0.29) is 23.9 Å². The number of rotatable bonds is 6. The predicted octanol–water partition coefficient (Wildman–Crippen LogP) is 2.69. The van der Waals surface area contributed by atoms with Gasteiger partial charge in [-0.05, 0) is 36.8 Å². The summed E-state index contributed by atoms with van der Waals surface area (Å²) < 4.78 is 29.9. The van der Waals surface area contributed by atoms with Gasteiger partial charge in [-0.15, -0.1) is 0 Å². The van der Waals surface area contributed by atoms with Crippen LogP contribution in [0.3, 0.4) is 0 Å². The first-order valence-electron chi connectivity index (χ1n) is 10.3. The van der Waals surface area contributed by atoms with Crippen LogP contribution in [0.15, 0.2) is 51.3 Å². The number of imide groups is 1. The van der Waals surface area contributed by atoms with E-state index < -0.39 is 29.7 Å². The van der Waals surface area contributed by atoms with Crippen LogP contribution in [-0.2, 0) is 16.1 Å². The molecule has 12 heteroatoms. The molecule has 1 aromatic heterocycles. The number of anilines is 1. The SMILES string of the molecule is COc1ccc(-c2noc(CN3N=N[C@@H]4C(=O)N(c5ccc(C)c(F)c5)C(=O)[C@H]43)n2)c(OC)c1. The van der Waals surface area contributed by atoms with Crippen LogP contribution in [-0.4, -0.2) is 53.3 Å². The van der Waals surface area contributed by atoms with Crippen LogP contribution in [0, 0.1) is 12.7 Å². The Morgan fingerprint density at radius 3 is 2.65 bits per heavy atom. The number of amides is 2. The van der Waals surface area contributed by atoms with E-state index >= 15 is 0 Å². The van der Waals surface area contributed by atoms with Crippen molar-refractivity contribution in [2.24, 2.45) is 10.3 Å². The lowest BCUT2D eigenvalue weighted by molar-refractivity contribution is -0.123. The molecule has 0 aliphatic carbocycles. The Morgan fingerprint density at radius 2 is 1.91 bits per heavy atom. The van der Waals surface area contributed by atoms with Crippen LogP contribution >= 0.6 is 0 Å². The molecule has 0 N–H and O–H groups in total. The number of fused-ring (bicyclic) bond motifs is 1. The van der Waals surface area contributed by atoms with E-state index in [4.69, 9.17) is 14.0 Å². The van der Waals surface area contributed by atoms with Gasteiger partial charge in [0, 0.05) is 6.07 Å². The van der Waals surface area contributed by atoms with E-state index in [1.54, 1.807) is 32.2 Å². The summed E-state index contributed by atoms with van der Waals surface area (Å²) in [7, 11) is 3.06. The van der Waals surface area contributed by atoms with Gasteiger partial charge in [0.15, 0.2) is 12.1 Å². The summed E-state index contributed by atoms with van der Waals surface area (Å²) in [5.41, 5.74) is 1.14. The molecule has 5 rings (SSSR count). The van der Waals surface area contributed by atoms with Crippen LogP contribution in [0.2, 0.25) is 0 Å². The van der Waals surface area contributed by atoms with Crippen molar-refractivity contribution in [3.05, 3.63) is 53.7 Å². The number of benzene rings is 2. The lowest BCUT2D eigenvalue weighted by Crippen LogP contribution is -2.39. The lowest BCUT2D eigenvalue weighted by Gasteiger charge is -2.19. The fraction of sp³-hybridized carbons (Fsp3) is 0.273. The van der Waals surface area contributed by atoms with Crippen molar-refractivity contribution in [1.29, 1.82) is 0 Å². The Hall–Kier alpha value is -4.35. The lowest BCUT2D eigenvalue weighted by atomic mass is 10.1. The average Bonchev–Trinajstić information content (AvgIpc) is 3.53. The minimum atomic E-state index is -1.03. The Kier molecular flexibility index (Phi) is 5.19. The van der Waals surface area contributed by atoms with Crippen molar-refractivity contribution >= 4 is 17.5 Å². The van der Waals surface area contributed by atoms with E-state index in [0.29, 0.717) is 22.6 Å². The van der Waals surface area contributed by atoms with Gasteiger partial charge in [-0.2, -0.15) is 10.1 Å². The number of halogens is 1. The van der Waals surface area contributed by atoms with Crippen molar-refractivity contribution in [1.82, 2.24) is 15.1 Å². The minimum absolute atomic E-state index is 0.0503. The standard InChI is InChI=1S/C22H19FN6O5/c1-11-4-5-12(8-15(11)23)29-21(30)18-19(22(29)31)28(27-25-18)10-17-24-20(26-34-17)14-7-6-13(32-2)9-16(14)33-3/h4-9,18-19H,10H2,1-3H3/t18-,19-/m0/s1. The predicted molar refractivity (Wildman–Crippen MR) is 114 cm³/mol.